The maximum Gasteiger partial charge on any atom is 0.0701 e. The molecule has 0 aromatic carbocycles. The predicted molar refractivity (Wildman–Crippen MR) is 54.7 cm³/mol. The molecule has 1 saturated heterocycles. The quantitative estimate of drug-likeness (QED) is 0.817. The summed E-state index contributed by atoms with van der Waals surface area (Å²) in [7, 11) is 0. The van der Waals surface area contributed by atoms with Crippen LogP contribution in [0.5, 0.6) is 0 Å². The van der Waals surface area contributed by atoms with Crippen molar-refractivity contribution >= 4 is 27.3 Å². The number of ether oxygens (including phenoxy) is 1. The van der Waals surface area contributed by atoms with Gasteiger partial charge in [-0.15, -0.1) is 11.3 Å². The second kappa shape index (κ2) is 3.41. The third-order valence-electron chi connectivity index (χ3n) is 2.27. The first kappa shape index (κ1) is 9.20. The Bertz CT molecular complexity index is 351. The number of nitrogens with zero attached hydrogens (tertiary/aromatic N) is 1. The van der Waals surface area contributed by atoms with Crippen molar-refractivity contribution in [3.63, 3.8) is 0 Å². The molecule has 2 heterocycles. The fourth-order valence-corrected chi connectivity index (χ4v) is 2.97. The zero-order valence-electron chi connectivity index (χ0n) is 6.92. The molecule has 0 amide bonds. The van der Waals surface area contributed by atoms with Crippen LogP contribution in [-0.4, -0.2) is 13.2 Å². The summed E-state index contributed by atoms with van der Waals surface area (Å²) in [5.41, 5.74) is -0.00850. The van der Waals surface area contributed by atoms with E-state index in [1.54, 1.807) is 11.3 Å². The lowest BCUT2D eigenvalue weighted by atomic mass is 9.81. The van der Waals surface area contributed by atoms with Gasteiger partial charge in [0, 0.05) is 4.88 Å². The van der Waals surface area contributed by atoms with Gasteiger partial charge in [-0.05, 0) is 28.1 Å². The molecule has 1 aromatic heterocycles. The van der Waals surface area contributed by atoms with E-state index in [9.17, 15) is 0 Å². The van der Waals surface area contributed by atoms with Crippen LogP contribution in [0, 0.1) is 11.3 Å². The molecule has 0 saturated carbocycles. The van der Waals surface area contributed by atoms with Crippen molar-refractivity contribution in [2.24, 2.45) is 0 Å². The van der Waals surface area contributed by atoms with Crippen LogP contribution < -0.4 is 0 Å². The van der Waals surface area contributed by atoms with E-state index in [1.807, 2.05) is 6.07 Å². The lowest BCUT2D eigenvalue weighted by molar-refractivity contribution is -0.0558. The van der Waals surface area contributed by atoms with Crippen LogP contribution in [0.2, 0.25) is 0 Å². The minimum absolute atomic E-state index is 0.00850. The van der Waals surface area contributed by atoms with E-state index < -0.39 is 0 Å². The first-order chi connectivity index (χ1) is 6.27. The maximum absolute atomic E-state index is 8.72. The molecular formula is C9H8BrNOS. The molecule has 0 N–H and O–H groups in total. The highest BCUT2D eigenvalue weighted by molar-refractivity contribution is 9.11. The van der Waals surface area contributed by atoms with E-state index >= 15 is 0 Å². The fourth-order valence-electron chi connectivity index (χ4n) is 1.43. The van der Waals surface area contributed by atoms with Crippen LogP contribution in [-0.2, 0) is 10.2 Å². The number of rotatable bonds is 2. The van der Waals surface area contributed by atoms with E-state index in [4.69, 9.17) is 10.00 Å². The van der Waals surface area contributed by atoms with Gasteiger partial charge in [0.2, 0.25) is 0 Å². The Balaban J connectivity index is 2.27. The molecule has 1 aliphatic heterocycles. The number of halogens is 1. The van der Waals surface area contributed by atoms with Gasteiger partial charge in [0.15, 0.2) is 0 Å². The molecule has 0 radical (unpaired) electrons. The highest BCUT2D eigenvalue weighted by atomic mass is 79.9. The molecule has 1 aliphatic rings. The molecule has 0 aliphatic carbocycles. The number of thiophene rings is 1. The zero-order chi connectivity index (χ0) is 9.31. The lowest BCUT2D eigenvalue weighted by Gasteiger charge is -2.38. The third kappa shape index (κ3) is 1.52. The van der Waals surface area contributed by atoms with Crippen LogP contribution >= 0.6 is 27.3 Å². The van der Waals surface area contributed by atoms with Gasteiger partial charge in [0.25, 0.3) is 0 Å². The van der Waals surface area contributed by atoms with E-state index in [2.05, 4.69) is 28.1 Å². The Morgan fingerprint density at radius 1 is 1.62 bits per heavy atom. The zero-order valence-corrected chi connectivity index (χ0v) is 9.32. The highest BCUT2D eigenvalue weighted by Crippen LogP contribution is 2.40. The highest BCUT2D eigenvalue weighted by Gasteiger charge is 2.41. The predicted octanol–water partition coefficient (Wildman–Crippen LogP) is 2.69. The van der Waals surface area contributed by atoms with Crippen LogP contribution in [0.1, 0.15) is 11.3 Å². The summed E-state index contributed by atoms with van der Waals surface area (Å²) in [6, 6.07) is 6.33. The topological polar surface area (TPSA) is 33.0 Å². The smallest absolute Gasteiger partial charge is 0.0701 e. The van der Waals surface area contributed by atoms with E-state index in [0.717, 1.165) is 3.79 Å². The van der Waals surface area contributed by atoms with Crippen LogP contribution in [0.15, 0.2) is 15.9 Å². The molecule has 13 heavy (non-hydrogen) atoms. The first-order valence-corrected chi connectivity index (χ1v) is 5.58. The molecule has 4 heteroatoms. The summed E-state index contributed by atoms with van der Waals surface area (Å²) in [6.07, 6.45) is 0.556. The number of hydrogen-bond donors (Lipinski definition) is 0. The molecule has 0 spiro atoms. The molecule has 1 aromatic rings. The molecular weight excluding hydrogens is 250 g/mol. The Morgan fingerprint density at radius 3 is 2.77 bits per heavy atom. The standard InChI is InChI=1S/C9H8BrNOS/c10-8-2-1-7(13-8)9(3-4-11)5-12-6-9/h1-2H,3,5-6H2. The molecule has 68 valence electrons. The summed E-state index contributed by atoms with van der Waals surface area (Å²) in [4.78, 5) is 1.26. The summed E-state index contributed by atoms with van der Waals surface area (Å²) >= 11 is 5.12. The molecule has 0 bridgehead atoms. The lowest BCUT2D eigenvalue weighted by Crippen LogP contribution is -2.45. The molecule has 1 fully saturated rings. The van der Waals surface area contributed by atoms with Crippen molar-refractivity contribution in [1.29, 1.82) is 5.26 Å². The molecule has 2 nitrogen and oxygen atoms in total. The average molecular weight is 258 g/mol. The van der Waals surface area contributed by atoms with Crippen molar-refractivity contribution in [1.82, 2.24) is 0 Å². The second-order valence-electron chi connectivity index (χ2n) is 3.21. The Labute approximate surface area is 89.3 Å². The molecule has 0 atom stereocenters. The Hall–Kier alpha value is -0.370. The van der Waals surface area contributed by atoms with Crippen LogP contribution in [0.25, 0.3) is 0 Å². The second-order valence-corrected chi connectivity index (χ2v) is 5.67. The summed E-state index contributed by atoms with van der Waals surface area (Å²) in [5.74, 6) is 0. The van der Waals surface area contributed by atoms with Gasteiger partial charge in [0.1, 0.15) is 0 Å². The average Bonchev–Trinajstić information content (AvgIpc) is 2.44. The SMILES string of the molecule is N#CCC1(c2ccc(Br)s2)COC1. The Morgan fingerprint density at radius 2 is 2.38 bits per heavy atom. The summed E-state index contributed by atoms with van der Waals surface area (Å²) in [5, 5.41) is 8.72. The third-order valence-corrected chi connectivity index (χ3v) is 4.14. The van der Waals surface area contributed by atoms with Crippen molar-refractivity contribution in [3.8, 4) is 6.07 Å². The first-order valence-electron chi connectivity index (χ1n) is 3.97. The monoisotopic (exact) mass is 257 g/mol. The van der Waals surface area contributed by atoms with Gasteiger partial charge < -0.3 is 4.74 Å². The van der Waals surface area contributed by atoms with Gasteiger partial charge in [-0.1, -0.05) is 0 Å². The van der Waals surface area contributed by atoms with E-state index in [1.165, 1.54) is 4.88 Å². The summed E-state index contributed by atoms with van der Waals surface area (Å²) < 4.78 is 6.31. The minimum atomic E-state index is -0.00850. The minimum Gasteiger partial charge on any atom is -0.379 e. The fraction of sp³-hybridized carbons (Fsp3) is 0.444. The molecule has 0 unspecified atom stereocenters. The van der Waals surface area contributed by atoms with Crippen molar-refractivity contribution in [2.45, 2.75) is 11.8 Å². The van der Waals surface area contributed by atoms with Gasteiger partial charge in [-0.3, -0.25) is 0 Å². The van der Waals surface area contributed by atoms with Gasteiger partial charge in [-0.2, -0.15) is 5.26 Å². The number of hydrogen-bond acceptors (Lipinski definition) is 3. The van der Waals surface area contributed by atoms with E-state index in [0.29, 0.717) is 19.6 Å². The Kier molecular flexibility index (Phi) is 2.41. The van der Waals surface area contributed by atoms with Crippen molar-refractivity contribution < 1.29 is 4.74 Å². The maximum atomic E-state index is 8.72. The van der Waals surface area contributed by atoms with Crippen LogP contribution in [0.3, 0.4) is 0 Å². The molecule has 2 rings (SSSR count). The van der Waals surface area contributed by atoms with Crippen LogP contribution in [0.4, 0.5) is 0 Å². The van der Waals surface area contributed by atoms with E-state index in [-0.39, 0.29) is 5.41 Å². The normalized spacial score (nSPS) is 19.1. The summed E-state index contributed by atoms with van der Waals surface area (Å²) in [6.45, 7) is 1.38. The van der Waals surface area contributed by atoms with Gasteiger partial charge in [0.05, 0.1) is 34.9 Å². The van der Waals surface area contributed by atoms with Gasteiger partial charge >= 0.3 is 0 Å². The van der Waals surface area contributed by atoms with Crippen molar-refractivity contribution in [3.05, 3.63) is 20.8 Å². The largest absolute Gasteiger partial charge is 0.379 e. The van der Waals surface area contributed by atoms with Crippen molar-refractivity contribution in [2.75, 3.05) is 13.2 Å². The van der Waals surface area contributed by atoms with Gasteiger partial charge in [-0.25, -0.2) is 0 Å². The number of nitriles is 1.